The third-order valence-electron chi connectivity index (χ3n) is 4.70. The van der Waals surface area contributed by atoms with E-state index in [9.17, 15) is 9.70 Å². The SMILES string of the molecule is CC(C)(C)CN1CCCN(c2cccc(C(=O)c3cccnc3N=O)n2)CC1. The smallest absolute Gasteiger partial charge is 0.215 e. The van der Waals surface area contributed by atoms with Gasteiger partial charge in [0, 0.05) is 32.4 Å². The fourth-order valence-corrected chi connectivity index (χ4v) is 3.54. The van der Waals surface area contributed by atoms with Crippen LogP contribution in [0, 0.1) is 10.3 Å². The summed E-state index contributed by atoms with van der Waals surface area (Å²) in [5.74, 6) is 0.342. The van der Waals surface area contributed by atoms with Crippen molar-refractivity contribution in [2.75, 3.05) is 37.6 Å². The maximum Gasteiger partial charge on any atom is 0.215 e. The van der Waals surface area contributed by atoms with Crippen molar-refractivity contribution < 1.29 is 4.79 Å². The van der Waals surface area contributed by atoms with Crippen LogP contribution in [-0.4, -0.2) is 53.4 Å². The molecule has 1 aliphatic heterocycles. The van der Waals surface area contributed by atoms with Crippen LogP contribution in [0.5, 0.6) is 0 Å². The van der Waals surface area contributed by atoms with Crippen molar-refractivity contribution in [3.63, 3.8) is 0 Å². The molecule has 3 heterocycles. The molecule has 148 valence electrons. The van der Waals surface area contributed by atoms with Gasteiger partial charge in [-0.05, 0) is 47.8 Å². The van der Waals surface area contributed by atoms with Gasteiger partial charge in [0.1, 0.15) is 11.5 Å². The molecule has 2 aromatic rings. The molecule has 1 saturated heterocycles. The first-order valence-corrected chi connectivity index (χ1v) is 9.65. The van der Waals surface area contributed by atoms with Gasteiger partial charge in [-0.2, -0.15) is 0 Å². The second kappa shape index (κ2) is 8.56. The summed E-state index contributed by atoms with van der Waals surface area (Å²) in [7, 11) is 0. The lowest BCUT2D eigenvalue weighted by Crippen LogP contribution is -2.36. The summed E-state index contributed by atoms with van der Waals surface area (Å²) in [4.78, 5) is 36.9. The number of nitrogens with zero attached hydrogens (tertiary/aromatic N) is 5. The van der Waals surface area contributed by atoms with Gasteiger partial charge in [-0.1, -0.05) is 26.8 Å². The highest BCUT2D eigenvalue weighted by Gasteiger charge is 2.22. The zero-order chi connectivity index (χ0) is 20.1. The molecule has 3 rings (SSSR count). The summed E-state index contributed by atoms with van der Waals surface area (Å²) in [5.41, 5.74) is 0.744. The number of pyridine rings is 2. The van der Waals surface area contributed by atoms with Crippen LogP contribution in [0.3, 0.4) is 0 Å². The number of nitroso groups, excluding NO2 is 1. The number of anilines is 1. The van der Waals surface area contributed by atoms with Crippen molar-refractivity contribution >= 4 is 17.4 Å². The number of hydrogen-bond acceptors (Lipinski definition) is 7. The highest BCUT2D eigenvalue weighted by Crippen LogP contribution is 2.22. The molecular weight excluding hydrogens is 354 g/mol. The van der Waals surface area contributed by atoms with E-state index in [1.165, 1.54) is 6.20 Å². The van der Waals surface area contributed by atoms with Crippen molar-refractivity contribution in [1.29, 1.82) is 0 Å². The minimum absolute atomic E-state index is 0.104. The van der Waals surface area contributed by atoms with Crippen molar-refractivity contribution in [3.8, 4) is 0 Å². The van der Waals surface area contributed by atoms with E-state index < -0.39 is 0 Å². The van der Waals surface area contributed by atoms with Gasteiger partial charge in [-0.3, -0.25) is 4.79 Å². The van der Waals surface area contributed by atoms with Gasteiger partial charge in [0.05, 0.1) is 5.56 Å². The minimum Gasteiger partial charge on any atom is -0.355 e. The Morgan fingerprint density at radius 1 is 1.11 bits per heavy atom. The van der Waals surface area contributed by atoms with E-state index in [4.69, 9.17) is 0 Å². The Labute approximate surface area is 165 Å². The van der Waals surface area contributed by atoms with E-state index in [2.05, 4.69) is 45.7 Å². The van der Waals surface area contributed by atoms with Crippen LogP contribution in [0.25, 0.3) is 0 Å². The summed E-state index contributed by atoms with van der Waals surface area (Å²) in [6.07, 6.45) is 2.50. The van der Waals surface area contributed by atoms with Gasteiger partial charge in [-0.15, -0.1) is 4.91 Å². The molecule has 7 heteroatoms. The predicted octanol–water partition coefficient (Wildman–Crippen LogP) is 3.66. The monoisotopic (exact) mass is 381 g/mol. The fourth-order valence-electron chi connectivity index (χ4n) is 3.54. The molecule has 1 fully saturated rings. The van der Waals surface area contributed by atoms with Crippen LogP contribution in [0.1, 0.15) is 43.2 Å². The molecule has 0 radical (unpaired) electrons. The van der Waals surface area contributed by atoms with Crippen LogP contribution in [0.2, 0.25) is 0 Å². The zero-order valence-electron chi connectivity index (χ0n) is 16.8. The number of carbonyl (C=O) groups is 1. The van der Waals surface area contributed by atoms with Gasteiger partial charge >= 0.3 is 0 Å². The molecule has 28 heavy (non-hydrogen) atoms. The lowest BCUT2D eigenvalue weighted by atomic mass is 9.96. The summed E-state index contributed by atoms with van der Waals surface area (Å²) >= 11 is 0. The van der Waals surface area contributed by atoms with E-state index in [-0.39, 0.29) is 22.6 Å². The molecule has 7 nitrogen and oxygen atoms in total. The number of carbonyl (C=O) groups excluding carboxylic acids is 1. The minimum atomic E-state index is -0.339. The fraction of sp³-hybridized carbons (Fsp3) is 0.476. The third kappa shape index (κ3) is 4.98. The molecule has 0 aromatic carbocycles. The lowest BCUT2D eigenvalue weighted by Gasteiger charge is -2.29. The van der Waals surface area contributed by atoms with E-state index >= 15 is 0 Å². The van der Waals surface area contributed by atoms with Gasteiger partial charge in [0.15, 0.2) is 0 Å². The Bertz CT molecular complexity index is 847. The second-order valence-corrected chi connectivity index (χ2v) is 8.35. The summed E-state index contributed by atoms with van der Waals surface area (Å²) in [5, 5.41) is 2.85. The Morgan fingerprint density at radius 3 is 2.68 bits per heavy atom. The average Bonchev–Trinajstić information content (AvgIpc) is 2.91. The second-order valence-electron chi connectivity index (χ2n) is 8.35. The van der Waals surface area contributed by atoms with Crippen LogP contribution in [0.15, 0.2) is 41.7 Å². The first-order valence-electron chi connectivity index (χ1n) is 9.65. The number of aromatic nitrogens is 2. The molecule has 0 N–H and O–H groups in total. The van der Waals surface area contributed by atoms with E-state index in [0.717, 1.165) is 45.0 Å². The molecule has 2 aromatic heterocycles. The van der Waals surface area contributed by atoms with Crippen molar-refractivity contribution in [2.24, 2.45) is 10.6 Å². The quantitative estimate of drug-likeness (QED) is 0.581. The molecule has 0 spiro atoms. The molecule has 0 bridgehead atoms. The van der Waals surface area contributed by atoms with Crippen molar-refractivity contribution in [1.82, 2.24) is 14.9 Å². The first kappa shape index (κ1) is 20.1. The molecule has 0 unspecified atom stereocenters. The van der Waals surface area contributed by atoms with Crippen molar-refractivity contribution in [2.45, 2.75) is 27.2 Å². The standard InChI is InChI=1S/C21H27N5O2/c1-21(2,3)15-25-11-6-12-26(14-13-25)18-9-4-8-17(23-18)19(27)16-7-5-10-22-20(16)24-28/h4-5,7-10H,6,11-15H2,1-3H3. The van der Waals surface area contributed by atoms with Crippen LogP contribution < -0.4 is 4.90 Å². The highest BCUT2D eigenvalue weighted by atomic mass is 16.3. The predicted molar refractivity (Wildman–Crippen MR) is 110 cm³/mol. The van der Waals surface area contributed by atoms with Gasteiger partial charge < -0.3 is 9.80 Å². The van der Waals surface area contributed by atoms with E-state index in [0.29, 0.717) is 5.69 Å². The molecule has 0 atom stereocenters. The first-order chi connectivity index (χ1) is 13.4. The van der Waals surface area contributed by atoms with Gasteiger partial charge in [-0.25, -0.2) is 9.97 Å². The van der Waals surface area contributed by atoms with Crippen LogP contribution >= 0.6 is 0 Å². The topological polar surface area (TPSA) is 78.8 Å². The van der Waals surface area contributed by atoms with E-state index in [1.54, 1.807) is 18.2 Å². The Balaban J connectivity index is 1.76. The summed E-state index contributed by atoms with van der Waals surface area (Å²) < 4.78 is 0. The zero-order valence-corrected chi connectivity index (χ0v) is 16.8. The molecule has 1 aliphatic rings. The molecular formula is C21H27N5O2. The average molecular weight is 381 g/mol. The maximum absolute atomic E-state index is 12.8. The number of hydrogen-bond donors (Lipinski definition) is 0. The number of rotatable bonds is 5. The lowest BCUT2D eigenvalue weighted by molar-refractivity contribution is 0.103. The van der Waals surface area contributed by atoms with Crippen LogP contribution in [0.4, 0.5) is 11.6 Å². The van der Waals surface area contributed by atoms with Crippen molar-refractivity contribution in [3.05, 3.63) is 52.7 Å². The Kier molecular flexibility index (Phi) is 6.14. The largest absolute Gasteiger partial charge is 0.355 e. The van der Waals surface area contributed by atoms with Gasteiger partial charge in [0.2, 0.25) is 11.6 Å². The maximum atomic E-state index is 12.8. The van der Waals surface area contributed by atoms with Crippen LogP contribution in [-0.2, 0) is 0 Å². The Morgan fingerprint density at radius 2 is 1.93 bits per heavy atom. The van der Waals surface area contributed by atoms with E-state index in [1.807, 2.05) is 12.1 Å². The number of ketones is 1. The summed E-state index contributed by atoms with van der Waals surface area (Å²) in [6, 6.07) is 8.59. The Hall–Kier alpha value is -2.67. The third-order valence-corrected chi connectivity index (χ3v) is 4.70. The molecule has 0 saturated carbocycles. The highest BCUT2D eigenvalue weighted by molar-refractivity contribution is 6.10. The normalized spacial score (nSPS) is 15.9. The summed E-state index contributed by atoms with van der Waals surface area (Å²) in [6.45, 7) is 11.6. The molecule has 0 aliphatic carbocycles. The molecule has 0 amide bonds. The van der Waals surface area contributed by atoms with Gasteiger partial charge in [0.25, 0.3) is 0 Å².